The highest BCUT2D eigenvalue weighted by molar-refractivity contribution is 7.92. The van der Waals surface area contributed by atoms with Gasteiger partial charge in [-0.3, -0.25) is 9.52 Å². The molecular weight excluding hydrogens is 448 g/mol. The second-order valence-corrected chi connectivity index (χ2v) is 11.3. The Morgan fingerprint density at radius 3 is 1.94 bits per heavy atom. The Kier molecular flexibility index (Phi) is 6.43. The molecule has 0 heterocycles. The molecule has 0 aliphatic rings. The van der Waals surface area contributed by atoms with Crippen molar-refractivity contribution in [2.45, 2.75) is 30.6 Å². The van der Waals surface area contributed by atoms with Crippen molar-refractivity contribution in [3.8, 4) is 0 Å². The fourth-order valence-electron chi connectivity index (χ4n) is 3.08. The third kappa shape index (κ3) is 5.35. The summed E-state index contributed by atoms with van der Waals surface area (Å²) in [5.74, 6) is -0.481. The second-order valence-electron chi connectivity index (χ2n) is 7.65. The smallest absolute Gasteiger partial charge is 0.261 e. The normalized spacial score (nSPS) is 11.8. The van der Waals surface area contributed by atoms with E-state index in [9.17, 15) is 21.6 Å². The number of benzene rings is 3. The third-order valence-corrected chi connectivity index (χ3v) is 7.43. The molecule has 0 aliphatic heterocycles. The van der Waals surface area contributed by atoms with Gasteiger partial charge in [-0.15, -0.1) is 0 Å². The van der Waals surface area contributed by atoms with Crippen molar-refractivity contribution in [3.05, 3.63) is 82.9 Å². The minimum Gasteiger partial charge on any atom is -0.322 e. The van der Waals surface area contributed by atoms with E-state index in [2.05, 4.69) is 10.0 Å². The van der Waals surface area contributed by atoms with Gasteiger partial charge in [0.05, 0.1) is 15.5 Å². The minimum absolute atomic E-state index is 0.00537. The number of rotatable bonds is 6. The summed E-state index contributed by atoms with van der Waals surface area (Å²) >= 11 is 0. The van der Waals surface area contributed by atoms with Crippen LogP contribution in [0.2, 0.25) is 0 Å². The maximum Gasteiger partial charge on any atom is 0.261 e. The first kappa shape index (κ1) is 23.5. The molecule has 0 atom stereocenters. The van der Waals surface area contributed by atoms with E-state index in [1.165, 1.54) is 36.4 Å². The molecule has 0 bridgehead atoms. The molecule has 3 rings (SSSR count). The van der Waals surface area contributed by atoms with Gasteiger partial charge in [0, 0.05) is 17.5 Å². The van der Waals surface area contributed by atoms with Gasteiger partial charge in [-0.2, -0.15) is 0 Å². The molecule has 2 N–H and O–H groups in total. The number of carbonyl (C=O) groups is 1. The zero-order valence-corrected chi connectivity index (χ0v) is 19.8. The van der Waals surface area contributed by atoms with Crippen molar-refractivity contribution in [3.63, 3.8) is 0 Å². The van der Waals surface area contributed by atoms with Crippen LogP contribution >= 0.6 is 0 Å². The van der Waals surface area contributed by atoms with E-state index in [1.54, 1.807) is 19.1 Å². The SMILES string of the molecule is Cc1ccc(NS(=O)(=O)c2ccc(C)c(NC(=O)c3ccc(S(C)(=O)=O)cc3)c2)c(C)c1. The van der Waals surface area contributed by atoms with Crippen molar-refractivity contribution < 1.29 is 21.6 Å². The molecule has 0 fully saturated rings. The standard InChI is InChI=1S/C23H24N2O5S2/c1-15-5-12-21(17(3)13-15)25-32(29,30)20-9-6-16(2)22(14-20)24-23(26)18-7-10-19(11-8-18)31(4,27)28/h5-14,25H,1-4H3,(H,24,26). The van der Waals surface area contributed by atoms with E-state index in [1.807, 2.05) is 26.0 Å². The first-order chi connectivity index (χ1) is 14.9. The van der Waals surface area contributed by atoms with Crippen LogP contribution in [-0.2, 0) is 19.9 Å². The lowest BCUT2D eigenvalue weighted by atomic mass is 10.1. The summed E-state index contributed by atoms with van der Waals surface area (Å²) in [6.45, 7) is 5.49. The summed E-state index contributed by atoms with van der Waals surface area (Å²) in [5.41, 5.74) is 3.57. The number of sulfonamides is 1. The highest BCUT2D eigenvalue weighted by Gasteiger charge is 2.18. The van der Waals surface area contributed by atoms with Crippen LogP contribution in [0.15, 0.2) is 70.5 Å². The van der Waals surface area contributed by atoms with Crippen LogP contribution < -0.4 is 10.0 Å². The predicted molar refractivity (Wildman–Crippen MR) is 125 cm³/mol. The predicted octanol–water partition coefficient (Wildman–Crippen LogP) is 4.07. The lowest BCUT2D eigenvalue weighted by Gasteiger charge is -2.14. The lowest BCUT2D eigenvalue weighted by Crippen LogP contribution is -2.16. The van der Waals surface area contributed by atoms with E-state index in [4.69, 9.17) is 0 Å². The largest absolute Gasteiger partial charge is 0.322 e. The number of amides is 1. The zero-order chi connectivity index (χ0) is 23.7. The van der Waals surface area contributed by atoms with Crippen LogP contribution in [0.3, 0.4) is 0 Å². The van der Waals surface area contributed by atoms with E-state index in [0.717, 1.165) is 17.4 Å². The molecule has 3 aromatic carbocycles. The summed E-state index contributed by atoms with van der Waals surface area (Å²) < 4.78 is 51.6. The van der Waals surface area contributed by atoms with E-state index < -0.39 is 25.8 Å². The van der Waals surface area contributed by atoms with Crippen LogP contribution in [0, 0.1) is 20.8 Å². The topological polar surface area (TPSA) is 109 Å². The molecule has 1 amide bonds. The summed E-state index contributed by atoms with van der Waals surface area (Å²) in [4.78, 5) is 12.7. The summed E-state index contributed by atoms with van der Waals surface area (Å²) in [6.07, 6.45) is 1.09. The molecule has 0 radical (unpaired) electrons. The first-order valence-electron chi connectivity index (χ1n) is 9.69. The second kappa shape index (κ2) is 8.76. The van der Waals surface area contributed by atoms with Crippen LogP contribution in [0.1, 0.15) is 27.0 Å². The highest BCUT2D eigenvalue weighted by Crippen LogP contribution is 2.25. The highest BCUT2D eigenvalue weighted by atomic mass is 32.2. The first-order valence-corrected chi connectivity index (χ1v) is 13.1. The fraction of sp³-hybridized carbons (Fsp3) is 0.174. The van der Waals surface area contributed by atoms with Crippen molar-refractivity contribution in [2.24, 2.45) is 0 Å². The van der Waals surface area contributed by atoms with E-state index >= 15 is 0 Å². The van der Waals surface area contributed by atoms with Crippen LogP contribution in [0.25, 0.3) is 0 Å². The Bertz CT molecular complexity index is 1390. The van der Waals surface area contributed by atoms with Gasteiger partial charge in [0.2, 0.25) is 0 Å². The molecule has 0 spiro atoms. The van der Waals surface area contributed by atoms with Crippen LogP contribution in [0.5, 0.6) is 0 Å². The van der Waals surface area contributed by atoms with Crippen molar-refractivity contribution in [2.75, 3.05) is 16.3 Å². The van der Waals surface area contributed by atoms with Crippen LogP contribution in [0.4, 0.5) is 11.4 Å². The number of hydrogen-bond acceptors (Lipinski definition) is 5. The Balaban J connectivity index is 1.85. The van der Waals surface area contributed by atoms with Gasteiger partial charge >= 0.3 is 0 Å². The maximum atomic E-state index is 12.9. The number of hydrogen-bond donors (Lipinski definition) is 2. The zero-order valence-electron chi connectivity index (χ0n) is 18.1. The van der Waals surface area contributed by atoms with Crippen molar-refractivity contribution >= 4 is 37.1 Å². The molecule has 3 aromatic rings. The van der Waals surface area contributed by atoms with Gasteiger partial charge in [0.1, 0.15) is 0 Å². The monoisotopic (exact) mass is 472 g/mol. The quantitative estimate of drug-likeness (QED) is 0.562. The van der Waals surface area contributed by atoms with Gasteiger partial charge < -0.3 is 5.32 Å². The number of anilines is 2. The molecule has 32 heavy (non-hydrogen) atoms. The summed E-state index contributed by atoms with van der Waals surface area (Å²) in [7, 11) is -7.25. The molecule has 7 nitrogen and oxygen atoms in total. The maximum absolute atomic E-state index is 12.9. The Labute approximate surface area is 188 Å². The Morgan fingerprint density at radius 1 is 0.719 bits per heavy atom. The molecule has 0 aliphatic carbocycles. The minimum atomic E-state index is -3.88. The number of carbonyl (C=O) groups excluding carboxylic acids is 1. The average Bonchev–Trinajstić information content (AvgIpc) is 2.71. The van der Waals surface area contributed by atoms with Crippen molar-refractivity contribution in [1.82, 2.24) is 0 Å². The molecular formula is C23H24N2O5S2. The molecule has 0 saturated carbocycles. The fourth-order valence-corrected chi connectivity index (χ4v) is 4.87. The summed E-state index contributed by atoms with van der Waals surface area (Å²) in [6, 6.07) is 15.4. The summed E-state index contributed by atoms with van der Waals surface area (Å²) in [5, 5.41) is 2.70. The molecule has 0 saturated heterocycles. The van der Waals surface area contributed by atoms with Gasteiger partial charge in [0.25, 0.3) is 15.9 Å². The Morgan fingerprint density at radius 2 is 1.34 bits per heavy atom. The van der Waals surface area contributed by atoms with E-state index in [0.29, 0.717) is 16.9 Å². The Hall–Kier alpha value is -3.17. The van der Waals surface area contributed by atoms with Crippen molar-refractivity contribution in [1.29, 1.82) is 0 Å². The number of nitrogens with one attached hydrogen (secondary N) is 2. The van der Waals surface area contributed by atoms with E-state index in [-0.39, 0.29) is 15.4 Å². The molecule has 0 aromatic heterocycles. The average molecular weight is 473 g/mol. The third-order valence-electron chi connectivity index (χ3n) is 4.94. The number of aryl methyl sites for hydroxylation is 3. The molecule has 9 heteroatoms. The van der Waals surface area contributed by atoms with Gasteiger partial charge in [-0.1, -0.05) is 23.8 Å². The molecule has 0 unspecified atom stereocenters. The van der Waals surface area contributed by atoms with Gasteiger partial charge in [-0.05, 0) is 74.4 Å². The van der Waals surface area contributed by atoms with Gasteiger partial charge in [0.15, 0.2) is 9.84 Å². The number of sulfone groups is 1. The lowest BCUT2D eigenvalue weighted by molar-refractivity contribution is 0.102. The molecule has 168 valence electrons. The van der Waals surface area contributed by atoms with Gasteiger partial charge in [-0.25, -0.2) is 16.8 Å². The van der Waals surface area contributed by atoms with Crippen LogP contribution in [-0.4, -0.2) is 29.0 Å².